The molecule has 0 saturated heterocycles. The van der Waals surface area contributed by atoms with Gasteiger partial charge >= 0.3 is 0 Å². The molecule has 1 atom stereocenters. The van der Waals surface area contributed by atoms with E-state index in [0.717, 1.165) is 18.1 Å². The van der Waals surface area contributed by atoms with Gasteiger partial charge in [0.1, 0.15) is 11.9 Å². The zero-order valence-corrected chi connectivity index (χ0v) is 9.30. The van der Waals surface area contributed by atoms with Gasteiger partial charge < -0.3 is 0 Å². The second-order valence-electron chi connectivity index (χ2n) is 4.26. The average Bonchev–Trinajstić information content (AvgIpc) is 2.82. The second-order valence-corrected chi connectivity index (χ2v) is 4.26. The average molecular weight is 217 g/mol. The van der Waals surface area contributed by atoms with Crippen LogP contribution in [0.25, 0.3) is 0 Å². The highest BCUT2D eigenvalue weighted by Gasteiger charge is 2.28. The van der Waals surface area contributed by atoms with Gasteiger partial charge in [0.15, 0.2) is 5.82 Å². The molecule has 5 nitrogen and oxygen atoms in total. The minimum absolute atomic E-state index is 0.152. The molecule has 0 radical (unpaired) electrons. The van der Waals surface area contributed by atoms with Gasteiger partial charge in [-0.25, -0.2) is 4.98 Å². The number of aromatic nitrogens is 5. The molecule has 1 saturated carbocycles. The summed E-state index contributed by atoms with van der Waals surface area (Å²) in [6, 6.07) is 2.08. The van der Waals surface area contributed by atoms with Crippen LogP contribution in [0.5, 0.6) is 0 Å². The van der Waals surface area contributed by atoms with Gasteiger partial charge in [0, 0.05) is 18.3 Å². The number of nitrogens with zero attached hydrogens (tertiary/aromatic N) is 4. The first-order chi connectivity index (χ1) is 7.88. The fraction of sp³-hybridized carbons (Fsp3) is 0.545. The van der Waals surface area contributed by atoms with E-state index in [-0.39, 0.29) is 6.04 Å². The monoisotopic (exact) mass is 217 g/mol. The van der Waals surface area contributed by atoms with Crippen molar-refractivity contribution >= 4 is 0 Å². The van der Waals surface area contributed by atoms with Crippen molar-refractivity contribution in [2.45, 2.75) is 38.1 Å². The van der Waals surface area contributed by atoms with Crippen LogP contribution in [0.2, 0.25) is 0 Å². The maximum absolute atomic E-state index is 4.57. The van der Waals surface area contributed by atoms with Crippen LogP contribution < -0.4 is 0 Å². The normalized spacial score (nSPS) is 17.6. The topological polar surface area (TPSA) is 59.4 Å². The summed E-state index contributed by atoms with van der Waals surface area (Å²) in [5.74, 6) is 2.52. The largest absolute Gasteiger partial charge is 0.263 e. The van der Waals surface area contributed by atoms with Crippen LogP contribution in [0.15, 0.2) is 18.5 Å². The summed E-state index contributed by atoms with van der Waals surface area (Å²) in [5.41, 5.74) is 0. The Bertz CT molecular complexity index is 454. The maximum atomic E-state index is 4.57. The zero-order chi connectivity index (χ0) is 11.0. The summed E-state index contributed by atoms with van der Waals surface area (Å²) in [7, 11) is 0. The molecule has 0 spiro atoms. The molecule has 5 heteroatoms. The summed E-state index contributed by atoms with van der Waals surface area (Å²) in [4.78, 5) is 4.57. The van der Waals surface area contributed by atoms with E-state index in [1.807, 2.05) is 16.9 Å². The first kappa shape index (κ1) is 9.57. The lowest BCUT2D eigenvalue weighted by atomic mass is 10.2. The zero-order valence-electron chi connectivity index (χ0n) is 9.30. The Hall–Kier alpha value is -1.65. The van der Waals surface area contributed by atoms with Gasteiger partial charge in [-0.05, 0) is 25.3 Å². The van der Waals surface area contributed by atoms with Crippen LogP contribution in [0.4, 0.5) is 0 Å². The fourth-order valence-corrected chi connectivity index (χ4v) is 1.93. The van der Waals surface area contributed by atoms with Gasteiger partial charge in [-0.15, -0.1) is 0 Å². The quantitative estimate of drug-likeness (QED) is 0.850. The van der Waals surface area contributed by atoms with E-state index < -0.39 is 0 Å². The summed E-state index contributed by atoms with van der Waals surface area (Å²) < 4.78 is 1.92. The third kappa shape index (κ3) is 1.62. The Morgan fingerprint density at radius 1 is 1.56 bits per heavy atom. The van der Waals surface area contributed by atoms with Crippen molar-refractivity contribution in [3.05, 3.63) is 30.1 Å². The van der Waals surface area contributed by atoms with E-state index in [2.05, 4.69) is 27.2 Å². The molecule has 1 fully saturated rings. The summed E-state index contributed by atoms with van der Waals surface area (Å²) in [5, 5.41) is 11.6. The summed E-state index contributed by atoms with van der Waals surface area (Å²) in [6.45, 7) is 2.12. The van der Waals surface area contributed by atoms with E-state index >= 15 is 0 Å². The molecule has 2 aromatic rings. The van der Waals surface area contributed by atoms with Crippen molar-refractivity contribution in [2.24, 2.45) is 0 Å². The van der Waals surface area contributed by atoms with Gasteiger partial charge in [0.05, 0.1) is 0 Å². The highest BCUT2D eigenvalue weighted by Crippen LogP contribution is 2.38. The lowest BCUT2D eigenvalue weighted by Gasteiger charge is -2.10. The molecule has 0 aliphatic heterocycles. The number of hydrogen-bond acceptors (Lipinski definition) is 3. The van der Waals surface area contributed by atoms with E-state index in [0.29, 0.717) is 5.92 Å². The lowest BCUT2D eigenvalue weighted by Crippen LogP contribution is -2.11. The number of nitrogens with one attached hydrogen (secondary N) is 1. The molecule has 1 aliphatic carbocycles. The molecule has 1 N–H and O–H groups in total. The Morgan fingerprint density at radius 3 is 3.06 bits per heavy atom. The molecule has 0 unspecified atom stereocenters. The van der Waals surface area contributed by atoms with Crippen molar-refractivity contribution in [1.29, 1.82) is 0 Å². The van der Waals surface area contributed by atoms with E-state index in [9.17, 15) is 0 Å². The number of rotatable bonds is 4. The first-order valence-corrected chi connectivity index (χ1v) is 5.79. The fourth-order valence-electron chi connectivity index (χ4n) is 1.93. The van der Waals surface area contributed by atoms with Crippen molar-refractivity contribution < 1.29 is 0 Å². The van der Waals surface area contributed by atoms with E-state index in [4.69, 9.17) is 0 Å². The lowest BCUT2D eigenvalue weighted by molar-refractivity contribution is 0.485. The van der Waals surface area contributed by atoms with Crippen molar-refractivity contribution in [2.75, 3.05) is 0 Å². The van der Waals surface area contributed by atoms with Gasteiger partial charge in [-0.2, -0.15) is 10.2 Å². The predicted octanol–water partition coefficient (Wildman–Crippen LogP) is 1.88. The molecule has 1 aliphatic rings. The molecule has 2 aromatic heterocycles. The first-order valence-electron chi connectivity index (χ1n) is 5.79. The van der Waals surface area contributed by atoms with Crippen LogP contribution in [-0.4, -0.2) is 25.0 Å². The van der Waals surface area contributed by atoms with Gasteiger partial charge in [-0.1, -0.05) is 6.92 Å². The molecular weight excluding hydrogens is 202 g/mol. The van der Waals surface area contributed by atoms with Crippen LogP contribution in [0.3, 0.4) is 0 Å². The smallest absolute Gasteiger partial charge is 0.175 e. The SMILES string of the molecule is CC[C@H](c1n[nH]c(C2CC2)n1)n1cccn1. The minimum atomic E-state index is 0.152. The standard InChI is InChI=1S/C11H15N5/c1-2-9(16-7-3-6-12-16)11-13-10(14-15-11)8-4-5-8/h3,6-9H,2,4-5H2,1H3,(H,13,14,15)/t9-/m1/s1. The Labute approximate surface area is 93.9 Å². The van der Waals surface area contributed by atoms with Crippen LogP contribution in [-0.2, 0) is 0 Å². The molecule has 0 aromatic carbocycles. The molecule has 0 bridgehead atoms. The van der Waals surface area contributed by atoms with Crippen molar-refractivity contribution in [3.63, 3.8) is 0 Å². The number of hydrogen-bond donors (Lipinski definition) is 1. The summed E-state index contributed by atoms with van der Waals surface area (Å²) in [6.07, 6.45) is 7.18. The second kappa shape index (κ2) is 3.73. The van der Waals surface area contributed by atoms with Crippen molar-refractivity contribution in [3.8, 4) is 0 Å². The molecular formula is C11H15N5. The molecule has 84 valence electrons. The van der Waals surface area contributed by atoms with E-state index in [1.54, 1.807) is 6.20 Å². The minimum Gasteiger partial charge on any atom is -0.263 e. The maximum Gasteiger partial charge on any atom is 0.175 e. The predicted molar refractivity (Wildman–Crippen MR) is 59.0 cm³/mol. The molecule has 16 heavy (non-hydrogen) atoms. The van der Waals surface area contributed by atoms with Crippen LogP contribution in [0, 0.1) is 0 Å². The third-order valence-electron chi connectivity index (χ3n) is 3.01. The van der Waals surface area contributed by atoms with Crippen LogP contribution in [0.1, 0.15) is 49.8 Å². The number of aromatic amines is 1. The molecule has 3 rings (SSSR count). The Morgan fingerprint density at radius 2 is 2.44 bits per heavy atom. The summed E-state index contributed by atoms with van der Waals surface area (Å²) >= 11 is 0. The Balaban J connectivity index is 1.87. The highest BCUT2D eigenvalue weighted by atomic mass is 15.3. The van der Waals surface area contributed by atoms with Gasteiger partial charge in [0.25, 0.3) is 0 Å². The molecule has 0 amide bonds. The Kier molecular flexibility index (Phi) is 2.23. The third-order valence-corrected chi connectivity index (χ3v) is 3.01. The van der Waals surface area contributed by atoms with Gasteiger partial charge in [-0.3, -0.25) is 9.78 Å². The highest BCUT2D eigenvalue weighted by molar-refractivity contribution is 5.07. The molecule has 2 heterocycles. The number of H-pyrrole nitrogens is 1. The van der Waals surface area contributed by atoms with E-state index in [1.165, 1.54) is 12.8 Å². The van der Waals surface area contributed by atoms with Crippen molar-refractivity contribution in [1.82, 2.24) is 25.0 Å². The van der Waals surface area contributed by atoms with Crippen LogP contribution >= 0.6 is 0 Å². The van der Waals surface area contributed by atoms with Gasteiger partial charge in [0.2, 0.25) is 0 Å².